The Morgan fingerprint density at radius 2 is 2.11 bits per heavy atom. The third-order valence-electron chi connectivity index (χ3n) is 3.17. The molecule has 1 unspecified atom stereocenters. The average molecular weight is 330 g/mol. The number of rotatable bonds is 4. The molecule has 1 atom stereocenters. The van der Waals surface area contributed by atoms with Crippen molar-refractivity contribution in [3.05, 3.63) is 21.7 Å². The minimum Gasteiger partial charge on any atom is -0.486 e. The normalized spacial score (nSPS) is 15.1. The van der Waals surface area contributed by atoms with Crippen LogP contribution in [-0.4, -0.2) is 30.8 Å². The van der Waals surface area contributed by atoms with Crippen molar-refractivity contribution < 1.29 is 19.4 Å². The van der Waals surface area contributed by atoms with Crippen molar-refractivity contribution in [1.82, 2.24) is 0 Å². The van der Waals surface area contributed by atoms with Gasteiger partial charge >= 0.3 is 5.97 Å². The average Bonchev–Trinajstić information content (AvgIpc) is 2.39. The van der Waals surface area contributed by atoms with E-state index in [1.807, 2.05) is 6.92 Å². The lowest BCUT2D eigenvalue weighted by atomic mass is 9.91. The highest BCUT2D eigenvalue weighted by molar-refractivity contribution is 9.10. The Kier molecular flexibility index (Phi) is 4.31. The molecule has 0 fully saturated rings. The summed E-state index contributed by atoms with van der Waals surface area (Å²) in [5.74, 6) is -0.381. The van der Waals surface area contributed by atoms with Crippen LogP contribution in [0.3, 0.4) is 0 Å². The first kappa shape index (κ1) is 14.1. The number of fused-ring (bicyclic) bond motifs is 1. The van der Waals surface area contributed by atoms with E-state index in [2.05, 4.69) is 15.9 Å². The van der Waals surface area contributed by atoms with Gasteiger partial charge in [0.25, 0.3) is 0 Å². The summed E-state index contributed by atoms with van der Waals surface area (Å²) in [6, 6.07) is 1.78. The SMILES string of the molecule is CCc1c(C(CN)C(=O)O)cc(Br)c2c1OCCO2. The summed E-state index contributed by atoms with van der Waals surface area (Å²) < 4.78 is 11.9. The first-order valence-electron chi connectivity index (χ1n) is 6.13. The maximum Gasteiger partial charge on any atom is 0.312 e. The van der Waals surface area contributed by atoms with Gasteiger partial charge in [0.15, 0.2) is 11.5 Å². The number of halogens is 1. The first-order valence-corrected chi connectivity index (χ1v) is 6.93. The molecule has 1 aliphatic rings. The number of carbonyl (C=O) groups is 1. The molecule has 0 radical (unpaired) electrons. The van der Waals surface area contributed by atoms with Gasteiger partial charge in [-0.2, -0.15) is 0 Å². The van der Waals surface area contributed by atoms with Gasteiger partial charge in [0.2, 0.25) is 0 Å². The molecule has 0 amide bonds. The van der Waals surface area contributed by atoms with Gasteiger partial charge in [-0.3, -0.25) is 4.79 Å². The number of benzene rings is 1. The molecule has 0 spiro atoms. The summed E-state index contributed by atoms with van der Waals surface area (Å²) in [5.41, 5.74) is 7.13. The van der Waals surface area contributed by atoms with Crippen molar-refractivity contribution in [2.24, 2.45) is 5.73 Å². The van der Waals surface area contributed by atoms with E-state index in [1.165, 1.54) is 0 Å². The predicted molar refractivity (Wildman–Crippen MR) is 73.9 cm³/mol. The van der Waals surface area contributed by atoms with Gasteiger partial charge in [0, 0.05) is 12.1 Å². The lowest BCUT2D eigenvalue weighted by Gasteiger charge is -2.25. The molecule has 3 N–H and O–H groups in total. The number of aliphatic carboxylic acids is 1. The molecule has 1 aromatic carbocycles. The van der Waals surface area contributed by atoms with Crippen LogP contribution < -0.4 is 15.2 Å². The van der Waals surface area contributed by atoms with Crippen molar-refractivity contribution in [1.29, 1.82) is 0 Å². The Bertz CT molecular complexity index is 504. The Balaban J connectivity index is 2.61. The van der Waals surface area contributed by atoms with E-state index in [-0.39, 0.29) is 6.54 Å². The van der Waals surface area contributed by atoms with Crippen LogP contribution in [0, 0.1) is 0 Å². The molecule has 6 heteroatoms. The highest BCUT2D eigenvalue weighted by Gasteiger charge is 2.28. The highest BCUT2D eigenvalue weighted by Crippen LogP contribution is 2.44. The van der Waals surface area contributed by atoms with Crippen molar-refractivity contribution in [3.8, 4) is 11.5 Å². The van der Waals surface area contributed by atoms with Crippen LogP contribution in [-0.2, 0) is 11.2 Å². The van der Waals surface area contributed by atoms with Gasteiger partial charge in [-0.1, -0.05) is 6.92 Å². The fourth-order valence-electron chi connectivity index (χ4n) is 2.28. The zero-order valence-corrected chi connectivity index (χ0v) is 12.2. The molecule has 0 aromatic heterocycles. The first-order chi connectivity index (χ1) is 9.10. The summed E-state index contributed by atoms with van der Waals surface area (Å²) in [7, 11) is 0. The van der Waals surface area contributed by atoms with Crippen LogP contribution in [0.2, 0.25) is 0 Å². The standard InChI is InChI=1S/C13H16BrNO4/c1-2-7-8(9(6-15)13(16)17)5-10(14)12-11(7)18-3-4-19-12/h5,9H,2-4,6,15H2,1H3,(H,16,17). The number of ether oxygens (including phenoxy) is 2. The Morgan fingerprint density at radius 3 is 2.63 bits per heavy atom. The molecule has 5 nitrogen and oxygen atoms in total. The van der Waals surface area contributed by atoms with Crippen LogP contribution in [0.5, 0.6) is 11.5 Å². The second kappa shape index (κ2) is 5.79. The van der Waals surface area contributed by atoms with Crippen LogP contribution in [0.4, 0.5) is 0 Å². The molecule has 1 aromatic rings. The fourth-order valence-corrected chi connectivity index (χ4v) is 2.82. The molecule has 19 heavy (non-hydrogen) atoms. The second-order valence-corrected chi connectivity index (χ2v) is 5.12. The van der Waals surface area contributed by atoms with E-state index < -0.39 is 11.9 Å². The topological polar surface area (TPSA) is 81.8 Å². The van der Waals surface area contributed by atoms with Crippen LogP contribution in [0.15, 0.2) is 10.5 Å². The number of hydrogen-bond donors (Lipinski definition) is 2. The summed E-state index contributed by atoms with van der Waals surface area (Å²) in [4.78, 5) is 11.3. The molecule has 0 saturated carbocycles. The number of nitrogens with two attached hydrogens (primary N) is 1. The van der Waals surface area contributed by atoms with Gasteiger partial charge in [0.05, 0.1) is 10.4 Å². The van der Waals surface area contributed by atoms with E-state index >= 15 is 0 Å². The quantitative estimate of drug-likeness (QED) is 0.881. The van der Waals surface area contributed by atoms with E-state index in [4.69, 9.17) is 15.2 Å². The maximum absolute atomic E-state index is 11.3. The van der Waals surface area contributed by atoms with Crippen LogP contribution >= 0.6 is 15.9 Å². The summed E-state index contributed by atoms with van der Waals surface area (Å²) in [6.07, 6.45) is 0.665. The summed E-state index contributed by atoms with van der Waals surface area (Å²) >= 11 is 3.40. The number of carboxylic acids is 1. The molecule has 1 aliphatic heterocycles. The minimum absolute atomic E-state index is 0.0500. The Hall–Kier alpha value is -1.27. The molecule has 2 rings (SSSR count). The smallest absolute Gasteiger partial charge is 0.312 e. The summed E-state index contributed by atoms with van der Waals surface area (Å²) in [6.45, 7) is 2.97. The van der Waals surface area contributed by atoms with Crippen molar-refractivity contribution >= 4 is 21.9 Å². The van der Waals surface area contributed by atoms with Crippen LogP contribution in [0.1, 0.15) is 24.0 Å². The molecule has 0 aliphatic carbocycles. The lowest BCUT2D eigenvalue weighted by molar-refractivity contribution is -0.138. The summed E-state index contributed by atoms with van der Waals surface area (Å²) in [5, 5.41) is 9.27. The largest absolute Gasteiger partial charge is 0.486 e. The fraction of sp³-hybridized carbons (Fsp3) is 0.462. The molecule has 0 bridgehead atoms. The van der Waals surface area contributed by atoms with E-state index in [1.54, 1.807) is 6.07 Å². The van der Waals surface area contributed by atoms with Gasteiger partial charge in [-0.15, -0.1) is 0 Å². The Labute approximate surface area is 119 Å². The monoisotopic (exact) mass is 329 g/mol. The number of carboxylic acid groups (broad SMARTS) is 1. The van der Waals surface area contributed by atoms with E-state index in [0.717, 1.165) is 5.56 Å². The molecule has 104 valence electrons. The highest BCUT2D eigenvalue weighted by atomic mass is 79.9. The van der Waals surface area contributed by atoms with Crippen molar-refractivity contribution in [2.75, 3.05) is 19.8 Å². The predicted octanol–water partition coefficient (Wildman–Crippen LogP) is 1.91. The van der Waals surface area contributed by atoms with Crippen molar-refractivity contribution in [3.63, 3.8) is 0 Å². The lowest BCUT2D eigenvalue weighted by Crippen LogP contribution is -2.24. The van der Waals surface area contributed by atoms with E-state index in [9.17, 15) is 9.90 Å². The van der Waals surface area contributed by atoms with Crippen molar-refractivity contribution in [2.45, 2.75) is 19.3 Å². The molecule has 1 heterocycles. The van der Waals surface area contributed by atoms with Gasteiger partial charge in [-0.25, -0.2) is 0 Å². The Morgan fingerprint density at radius 1 is 1.47 bits per heavy atom. The maximum atomic E-state index is 11.3. The van der Waals surface area contributed by atoms with E-state index in [0.29, 0.717) is 41.2 Å². The number of hydrogen-bond acceptors (Lipinski definition) is 4. The molecular formula is C13H16BrNO4. The second-order valence-electron chi connectivity index (χ2n) is 4.26. The van der Waals surface area contributed by atoms with Gasteiger partial charge < -0.3 is 20.3 Å². The zero-order chi connectivity index (χ0) is 14.0. The van der Waals surface area contributed by atoms with Crippen LogP contribution in [0.25, 0.3) is 0 Å². The van der Waals surface area contributed by atoms with Gasteiger partial charge in [0.1, 0.15) is 13.2 Å². The third-order valence-corrected chi connectivity index (χ3v) is 3.76. The van der Waals surface area contributed by atoms with Gasteiger partial charge in [-0.05, 0) is 34.0 Å². The molecule has 0 saturated heterocycles. The third kappa shape index (κ3) is 2.55. The minimum atomic E-state index is -0.930. The zero-order valence-electron chi connectivity index (χ0n) is 10.6. The molecular weight excluding hydrogens is 314 g/mol.